The van der Waals surface area contributed by atoms with Gasteiger partial charge in [-0.2, -0.15) is 0 Å². The summed E-state index contributed by atoms with van der Waals surface area (Å²) in [7, 11) is 0. The highest BCUT2D eigenvalue weighted by Gasteiger charge is 2.10. The first-order valence-electron chi connectivity index (χ1n) is 5.99. The first-order chi connectivity index (χ1) is 9.08. The highest BCUT2D eigenvalue weighted by molar-refractivity contribution is 5.96. The Balaban J connectivity index is 2.08. The SMILES string of the molecule is Cc1nccc(CNC(=O)c2cccc(N)c2C)n1. The van der Waals surface area contributed by atoms with E-state index in [-0.39, 0.29) is 5.91 Å². The van der Waals surface area contributed by atoms with Crippen molar-refractivity contribution in [3.05, 3.63) is 53.1 Å². The van der Waals surface area contributed by atoms with Gasteiger partial charge >= 0.3 is 0 Å². The molecule has 0 atom stereocenters. The van der Waals surface area contributed by atoms with E-state index >= 15 is 0 Å². The Bertz CT molecular complexity index is 610. The molecule has 19 heavy (non-hydrogen) atoms. The third kappa shape index (κ3) is 3.07. The molecule has 0 aliphatic rings. The average Bonchev–Trinajstić information content (AvgIpc) is 2.39. The van der Waals surface area contributed by atoms with Gasteiger partial charge in [0.1, 0.15) is 5.82 Å². The van der Waals surface area contributed by atoms with Crippen molar-refractivity contribution in [2.75, 3.05) is 5.73 Å². The largest absolute Gasteiger partial charge is 0.398 e. The van der Waals surface area contributed by atoms with E-state index in [1.807, 2.05) is 13.8 Å². The normalized spacial score (nSPS) is 10.2. The van der Waals surface area contributed by atoms with Crippen LogP contribution in [-0.4, -0.2) is 15.9 Å². The van der Waals surface area contributed by atoms with E-state index in [1.54, 1.807) is 30.5 Å². The highest BCUT2D eigenvalue weighted by Crippen LogP contribution is 2.15. The van der Waals surface area contributed by atoms with Gasteiger partial charge in [-0.05, 0) is 37.6 Å². The number of amides is 1. The Hall–Kier alpha value is -2.43. The summed E-state index contributed by atoms with van der Waals surface area (Å²) in [6, 6.07) is 7.08. The van der Waals surface area contributed by atoms with Gasteiger partial charge in [0.25, 0.3) is 5.91 Å². The third-order valence-corrected chi connectivity index (χ3v) is 2.88. The first kappa shape index (κ1) is 13.0. The number of benzene rings is 1. The van der Waals surface area contributed by atoms with Crippen LogP contribution in [0.15, 0.2) is 30.5 Å². The van der Waals surface area contributed by atoms with Crippen LogP contribution in [-0.2, 0) is 6.54 Å². The molecule has 1 aromatic carbocycles. The molecule has 5 nitrogen and oxygen atoms in total. The number of carbonyl (C=O) groups excluding carboxylic acids is 1. The number of nitrogens with zero attached hydrogens (tertiary/aromatic N) is 2. The zero-order chi connectivity index (χ0) is 13.8. The molecule has 0 fully saturated rings. The summed E-state index contributed by atoms with van der Waals surface area (Å²) in [6.07, 6.45) is 1.68. The summed E-state index contributed by atoms with van der Waals surface area (Å²) in [5, 5.41) is 2.83. The average molecular weight is 256 g/mol. The van der Waals surface area contributed by atoms with Crippen molar-refractivity contribution in [2.24, 2.45) is 0 Å². The molecule has 0 unspecified atom stereocenters. The van der Waals surface area contributed by atoms with E-state index in [9.17, 15) is 4.79 Å². The number of hydrogen-bond donors (Lipinski definition) is 2. The van der Waals surface area contributed by atoms with Crippen LogP contribution in [0.4, 0.5) is 5.69 Å². The van der Waals surface area contributed by atoms with E-state index in [4.69, 9.17) is 5.73 Å². The molecule has 0 aliphatic heterocycles. The summed E-state index contributed by atoms with van der Waals surface area (Å²) in [5.41, 5.74) is 8.56. The number of nitrogens with two attached hydrogens (primary N) is 1. The van der Waals surface area contributed by atoms with Crippen molar-refractivity contribution in [1.29, 1.82) is 0 Å². The zero-order valence-corrected chi connectivity index (χ0v) is 11.0. The van der Waals surface area contributed by atoms with Gasteiger partial charge in [0, 0.05) is 17.4 Å². The van der Waals surface area contributed by atoms with Gasteiger partial charge in [-0.3, -0.25) is 4.79 Å². The standard InChI is InChI=1S/C14H16N4O/c1-9-12(4-3-5-13(9)15)14(19)17-8-11-6-7-16-10(2)18-11/h3-7H,8,15H2,1-2H3,(H,17,19). The topological polar surface area (TPSA) is 80.9 Å². The smallest absolute Gasteiger partial charge is 0.251 e. The van der Waals surface area contributed by atoms with Crippen LogP contribution in [0, 0.1) is 13.8 Å². The fraction of sp³-hybridized carbons (Fsp3) is 0.214. The molecule has 1 heterocycles. The van der Waals surface area contributed by atoms with Gasteiger partial charge in [0.2, 0.25) is 0 Å². The van der Waals surface area contributed by atoms with Gasteiger partial charge in [-0.25, -0.2) is 9.97 Å². The lowest BCUT2D eigenvalue weighted by molar-refractivity contribution is 0.0950. The predicted octanol–water partition coefficient (Wildman–Crippen LogP) is 1.61. The third-order valence-electron chi connectivity index (χ3n) is 2.88. The minimum absolute atomic E-state index is 0.152. The molecule has 0 spiro atoms. The number of nitrogen functional groups attached to an aromatic ring is 1. The minimum atomic E-state index is -0.152. The lowest BCUT2D eigenvalue weighted by atomic mass is 10.1. The van der Waals surface area contributed by atoms with E-state index in [0.29, 0.717) is 23.6 Å². The van der Waals surface area contributed by atoms with E-state index < -0.39 is 0 Å². The van der Waals surface area contributed by atoms with E-state index in [0.717, 1.165) is 11.3 Å². The molecule has 2 aromatic rings. The molecule has 0 radical (unpaired) electrons. The Morgan fingerprint density at radius 2 is 2.11 bits per heavy atom. The van der Waals surface area contributed by atoms with Gasteiger partial charge in [0.15, 0.2) is 0 Å². The number of rotatable bonds is 3. The predicted molar refractivity (Wildman–Crippen MR) is 73.5 cm³/mol. The second-order valence-electron chi connectivity index (χ2n) is 4.30. The molecule has 0 aliphatic carbocycles. The van der Waals surface area contributed by atoms with Gasteiger partial charge in [0.05, 0.1) is 12.2 Å². The molecule has 0 saturated carbocycles. The number of anilines is 1. The number of aromatic nitrogens is 2. The van der Waals surface area contributed by atoms with Crippen LogP contribution >= 0.6 is 0 Å². The number of hydrogen-bond acceptors (Lipinski definition) is 4. The lowest BCUT2D eigenvalue weighted by Crippen LogP contribution is -2.24. The van der Waals surface area contributed by atoms with Crippen LogP contribution in [0.1, 0.15) is 27.4 Å². The Kier molecular flexibility index (Phi) is 3.75. The second kappa shape index (κ2) is 5.48. The molecule has 0 saturated heterocycles. The molecule has 1 amide bonds. The van der Waals surface area contributed by atoms with Crippen molar-refractivity contribution in [1.82, 2.24) is 15.3 Å². The van der Waals surface area contributed by atoms with Crippen molar-refractivity contribution < 1.29 is 4.79 Å². The summed E-state index contributed by atoms with van der Waals surface area (Å²) >= 11 is 0. The molecular weight excluding hydrogens is 240 g/mol. The van der Waals surface area contributed by atoms with Gasteiger partial charge in [-0.15, -0.1) is 0 Å². The highest BCUT2D eigenvalue weighted by atomic mass is 16.1. The molecule has 2 rings (SSSR count). The minimum Gasteiger partial charge on any atom is -0.398 e. The van der Waals surface area contributed by atoms with Crippen molar-refractivity contribution >= 4 is 11.6 Å². The first-order valence-corrected chi connectivity index (χ1v) is 5.99. The summed E-state index contributed by atoms with van der Waals surface area (Å²) in [6.45, 7) is 4.02. The maximum atomic E-state index is 12.1. The number of nitrogens with one attached hydrogen (secondary N) is 1. The molecule has 1 aromatic heterocycles. The number of carbonyl (C=O) groups is 1. The van der Waals surface area contributed by atoms with Gasteiger partial charge < -0.3 is 11.1 Å². The Morgan fingerprint density at radius 3 is 2.84 bits per heavy atom. The lowest BCUT2D eigenvalue weighted by Gasteiger charge is -2.09. The molecule has 0 bridgehead atoms. The quantitative estimate of drug-likeness (QED) is 0.817. The van der Waals surface area contributed by atoms with Crippen LogP contribution in [0.5, 0.6) is 0 Å². The Morgan fingerprint density at radius 1 is 1.32 bits per heavy atom. The Labute approximate surface area is 111 Å². The van der Waals surface area contributed by atoms with Crippen molar-refractivity contribution in [3.8, 4) is 0 Å². The summed E-state index contributed by atoms with van der Waals surface area (Å²) < 4.78 is 0. The van der Waals surface area contributed by atoms with E-state index in [1.165, 1.54) is 0 Å². The summed E-state index contributed by atoms with van der Waals surface area (Å²) in [4.78, 5) is 20.3. The van der Waals surface area contributed by atoms with Crippen LogP contribution in [0.2, 0.25) is 0 Å². The monoisotopic (exact) mass is 256 g/mol. The van der Waals surface area contributed by atoms with Crippen molar-refractivity contribution in [2.45, 2.75) is 20.4 Å². The maximum Gasteiger partial charge on any atom is 0.251 e. The van der Waals surface area contributed by atoms with Crippen LogP contribution in [0.25, 0.3) is 0 Å². The second-order valence-corrected chi connectivity index (χ2v) is 4.30. The van der Waals surface area contributed by atoms with Crippen molar-refractivity contribution in [3.63, 3.8) is 0 Å². The van der Waals surface area contributed by atoms with E-state index in [2.05, 4.69) is 15.3 Å². The summed E-state index contributed by atoms with van der Waals surface area (Å²) in [5.74, 6) is 0.535. The van der Waals surface area contributed by atoms with Crippen LogP contribution < -0.4 is 11.1 Å². The fourth-order valence-electron chi connectivity index (χ4n) is 1.77. The zero-order valence-electron chi connectivity index (χ0n) is 11.0. The molecule has 5 heteroatoms. The maximum absolute atomic E-state index is 12.1. The molecule has 98 valence electrons. The number of aryl methyl sites for hydroxylation is 1. The van der Waals surface area contributed by atoms with Gasteiger partial charge in [-0.1, -0.05) is 6.07 Å². The van der Waals surface area contributed by atoms with Crippen LogP contribution in [0.3, 0.4) is 0 Å². The fourth-order valence-corrected chi connectivity index (χ4v) is 1.77. The molecular formula is C14H16N4O. The molecule has 3 N–H and O–H groups in total.